The third-order valence-corrected chi connectivity index (χ3v) is 7.57. The Labute approximate surface area is 146 Å². The Morgan fingerprint density at radius 2 is 2.00 bits per heavy atom. The van der Waals surface area contributed by atoms with Crippen molar-refractivity contribution in [1.29, 1.82) is 0 Å². The minimum Gasteiger partial charge on any atom is -0.508 e. The third-order valence-electron chi connectivity index (χ3n) is 7.57. The number of fused-ring (bicyclic) bond motifs is 1. The van der Waals surface area contributed by atoms with Crippen molar-refractivity contribution in [2.24, 2.45) is 17.3 Å². The molecular formula is C22H32O2. The van der Waals surface area contributed by atoms with E-state index in [1.165, 1.54) is 24.8 Å². The van der Waals surface area contributed by atoms with Gasteiger partial charge < -0.3 is 9.84 Å². The molecule has 3 saturated carbocycles. The maximum atomic E-state index is 10.9. The van der Waals surface area contributed by atoms with E-state index in [2.05, 4.69) is 40.7 Å². The van der Waals surface area contributed by atoms with E-state index >= 15 is 0 Å². The predicted molar refractivity (Wildman–Crippen MR) is 97.8 cm³/mol. The molecule has 1 N–H and O–H groups in total. The summed E-state index contributed by atoms with van der Waals surface area (Å²) < 4.78 is 6.37. The quantitative estimate of drug-likeness (QED) is 0.760. The lowest BCUT2D eigenvalue weighted by Crippen LogP contribution is -2.56. The van der Waals surface area contributed by atoms with Gasteiger partial charge in [0, 0.05) is 11.5 Å². The largest absolute Gasteiger partial charge is 0.508 e. The number of benzene rings is 1. The van der Waals surface area contributed by atoms with E-state index in [1.54, 1.807) is 0 Å². The second-order valence-corrected chi connectivity index (χ2v) is 9.67. The van der Waals surface area contributed by atoms with Gasteiger partial charge in [-0.05, 0) is 59.6 Å². The molecule has 1 aliphatic heterocycles. The molecule has 0 radical (unpaired) electrons. The van der Waals surface area contributed by atoms with Crippen LogP contribution in [0.4, 0.5) is 0 Å². The number of rotatable bonds is 4. The van der Waals surface area contributed by atoms with Gasteiger partial charge in [-0.3, -0.25) is 0 Å². The Morgan fingerprint density at radius 3 is 2.67 bits per heavy atom. The van der Waals surface area contributed by atoms with E-state index in [0.29, 0.717) is 23.0 Å². The summed E-state index contributed by atoms with van der Waals surface area (Å²) in [7, 11) is 0. The van der Waals surface area contributed by atoms with Crippen LogP contribution in [0.3, 0.4) is 0 Å². The molecule has 0 saturated heterocycles. The van der Waals surface area contributed by atoms with Crippen molar-refractivity contribution in [2.75, 3.05) is 0 Å². The molecule has 3 unspecified atom stereocenters. The highest BCUT2D eigenvalue weighted by atomic mass is 16.5. The molecule has 1 aromatic rings. The standard InChI is InChI=1S/C22H32O2/c1-6-7-8-21(2,3)13-10-16(23)20-18(11-13)24-17-12-14-9-15(19(17)20)22(14,4)5/h10-11,14-15,17,19,23H,6-9,12H2,1-5H3/t14?,15?,17?,19-/m0/s1. The smallest absolute Gasteiger partial charge is 0.127 e. The molecule has 2 bridgehead atoms. The van der Waals surface area contributed by atoms with Crippen molar-refractivity contribution in [1.82, 2.24) is 0 Å². The number of ether oxygens (including phenoxy) is 1. The first-order valence-electron chi connectivity index (χ1n) is 9.79. The van der Waals surface area contributed by atoms with Gasteiger partial charge in [0.15, 0.2) is 0 Å². The highest BCUT2D eigenvalue weighted by Gasteiger charge is 2.61. The molecule has 0 spiro atoms. The molecule has 1 aromatic carbocycles. The van der Waals surface area contributed by atoms with Crippen LogP contribution in [0.5, 0.6) is 11.5 Å². The van der Waals surface area contributed by atoms with E-state index in [-0.39, 0.29) is 11.5 Å². The second kappa shape index (κ2) is 5.16. The number of phenolic OH excluding ortho intramolecular Hbond substituents is 1. The van der Waals surface area contributed by atoms with Crippen molar-refractivity contribution >= 4 is 0 Å². The molecule has 3 fully saturated rings. The molecule has 2 nitrogen and oxygen atoms in total. The number of phenols is 1. The Hall–Kier alpha value is -1.18. The molecular weight excluding hydrogens is 296 g/mol. The van der Waals surface area contributed by atoms with Crippen molar-refractivity contribution in [3.63, 3.8) is 0 Å². The summed E-state index contributed by atoms with van der Waals surface area (Å²) in [4.78, 5) is 0. The van der Waals surface area contributed by atoms with Gasteiger partial charge in [0.1, 0.15) is 17.6 Å². The van der Waals surface area contributed by atoms with Crippen LogP contribution >= 0.6 is 0 Å². The Bertz CT molecular complexity index is 658. The fraction of sp³-hybridized carbons (Fsp3) is 0.727. The molecule has 0 amide bonds. The van der Waals surface area contributed by atoms with E-state index in [0.717, 1.165) is 30.1 Å². The summed E-state index contributed by atoms with van der Waals surface area (Å²) >= 11 is 0. The van der Waals surface area contributed by atoms with Gasteiger partial charge in [0.05, 0.1) is 0 Å². The van der Waals surface area contributed by atoms with Gasteiger partial charge in [-0.25, -0.2) is 0 Å². The van der Waals surface area contributed by atoms with Gasteiger partial charge in [-0.1, -0.05) is 47.5 Å². The van der Waals surface area contributed by atoms with Crippen molar-refractivity contribution in [3.05, 3.63) is 23.3 Å². The fourth-order valence-corrected chi connectivity index (χ4v) is 5.62. The zero-order valence-corrected chi connectivity index (χ0v) is 15.9. The molecule has 3 aliphatic carbocycles. The van der Waals surface area contributed by atoms with Crippen LogP contribution in [-0.2, 0) is 5.41 Å². The van der Waals surface area contributed by atoms with Crippen LogP contribution in [0.1, 0.15) is 83.8 Å². The Balaban J connectivity index is 1.69. The van der Waals surface area contributed by atoms with Gasteiger partial charge >= 0.3 is 0 Å². The van der Waals surface area contributed by atoms with Crippen LogP contribution < -0.4 is 4.74 Å². The lowest BCUT2D eigenvalue weighted by atomic mass is 9.44. The fourth-order valence-electron chi connectivity index (χ4n) is 5.62. The summed E-state index contributed by atoms with van der Waals surface area (Å²) in [5, 5.41) is 10.9. The normalized spacial score (nSPS) is 32.5. The zero-order valence-electron chi connectivity index (χ0n) is 15.9. The zero-order chi connectivity index (χ0) is 17.3. The van der Waals surface area contributed by atoms with Crippen molar-refractivity contribution in [3.8, 4) is 11.5 Å². The van der Waals surface area contributed by atoms with Gasteiger partial charge in [0.25, 0.3) is 0 Å². The van der Waals surface area contributed by atoms with E-state index in [4.69, 9.17) is 4.74 Å². The number of unbranched alkanes of at least 4 members (excludes halogenated alkanes) is 1. The molecule has 4 atom stereocenters. The minimum absolute atomic E-state index is 0.0844. The Kier molecular flexibility index (Phi) is 3.50. The molecule has 132 valence electrons. The maximum Gasteiger partial charge on any atom is 0.127 e. The van der Waals surface area contributed by atoms with E-state index < -0.39 is 0 Å². The van der Waals surface area contributed by atoms with Crippen LogP contribution in [0.2, 0.25) is 0 Å². The predicted octanol–water partition coefficient (Wildman–Crippen LogP) is 5.77. The average Bonchev–Trinajstić information content (AvgIpc) is 2.91. The SMILES string of the molecule is CCCCC(C)(C)c1cc(O)c2c(c1)OC1CC3CC([C@H]21)C3(C)C. The molecule has 2 heteroatoms. The number of hydrogen-bond donors (Lipinski definition) is 1. The summed E-state index contributed by atoms with van der Waals surface area (Å²) in [5.41, 5.74) is 2.81. The number of hydrogen-bond acceptors (Lipinski definition) is 2. The summed E-state index contributed by atoms with van der Waals surface area (Å²) in [6, 6.07) is 4.26. The molecule has 0 aromatic heterocycles. The topological polar surface area (TPSA) is 29.5 Å². The summed E-state index contributed by atoms with van der Waals surface area (Å²) in [5.74, 6) is 3.29. The molecule has 24 heavy (non-hydrogen) atoms. The van der Waals surface area contributed by atoms with Crippen LogP contribution in [0, 0.1) is 17.3 Å². The monoisotopic (exact) mass is 328 g/mol. The Morgan fingerprint density at radius 1 is 1.25 bits per heavy atom. The van der Waals surface area contributed by atoms with Crippen molar-refractivity contribution < 1.29 is 9.84 Å². The molecule has 1 heterocycles. The van der Waals surface area contributed by atoms with Gasteiger partial charge in [0.2, 0.25) is 0 Å². The second-order valence-electron chi connectivity index (χ2n) is 9.67. The van der Waals surface area contributed by atoms with Crippen LogP contribution in [-0.4, -0.2) is 11.2 Å². The highest BCUT2D eigenvalue weighted by Crippen LogP contribution is 2.68. The molecule has 4 aliphatic rings. The third kappa shape index (κ3) is 2.14. The first-order chi connectivity index (χ1) is 11.3. The highest BCUT2D eigenvalue weighted by molar-refractivity contribution is 5.55. The number of aromatic hydroxyl groups is 1. The van der Waals surface area contributed by atoms with Gasteiger partial charge in [-0.2, -0.15) is 0 Å². The lowest BCUT2D eigenvalue weighted by molar-refractivity contribution is -0.116. The van der Waals surface area contributed by atoms with Crippen LogP contribution in [0.15, 0.2) is 12.1 Å². The average molecular weight is 328 g/mol. The first kappa shape index (κ1) is 16.3. The first-order valence-corrected chi connectivity index (χ1v) is 9.79. The summed E-state index contributed by atoms with van der Waals surface area (Å²) in [6.45, 7) is 11.6. The van der Waals surface area contributed by atoms with Crippen molar-refractivity contribution in [2.45, 2.75) is 84.2 Å². The van der Waals surface area contributed by atoms with E-state index in [1.807, 2.05) is 6.07 Å². The summed E-state index contributed by atoms with van der Waals surface area (Å²) in [6.07, 6.45) is 6.31. The minimum atomic E-state index is 0.0844. The maximum absolute atomic E-state index is 10.9. The van der Waals surface area contributed by atoms with Gasteiger partial charge in [-0.15, -0.1) is 0 Å². The van der Waals surface area contributed by atoms with E-state index in [9.17, 15) is 5.11 Å². The lowest BCUT2D eigenvalue weighted by Gasteiger charge is -2.60. The molecule has 5 rings (SSSR count). The van der Waals surface area contributed by atoms with Crippen LogP contribution in [0.25, 0.3) is 0 Å².